The molecule has 160 valence electrons. The molecule has 31 heavy (non-hydrogen) atoms. The number of hydrogen-bond acceptors (Lipinski definition) is 5. The summed E-state index contributed by atoms with van der Waals surface area (Å²) in [6, 6.07) is 15.2. The fraction of sp³-hybridized carbons (Fsp3) is 0.304. The zero-order valence-electron chi connectivity index (χ0n) is 17.6. The molecule has 2 N–H and O–H groups in total. The molecule has 3 aromatic rings. The Morgan fingerprint density at radius 1 is 1.06 bits per heavy atom. The Kier molecular flexibility index (Phi) is 6.36. The van der Waals surface area contributed by atoms with Crippen molar-refractivity contribution in [2.75, 3.05) is 11.1 Å². The largest absolute Gasteiger partial charge is 0.325 e. The molecule has 1 aliphatic carbocycles. The number of rotatable bonds is 7. The molecule has 8 heteroatoms. The Bertz CT molecular complexity index is 1090. The van der Waals surface area contributed by atoms with Gasteiger partial charge in [0.2, 0.25) is 5.91 Å². The Morgan fingerprint density at radius 2 is 1.84 bits per heavy atom. The van der Waals surface area contributed by atoms with Gasteiger partial charge in [0, 0.05) is 11.6 Å². The fourth-order valence-corrected chi connectivity index (χ4v) is 3.98. The molecule has 0 spiro atoms. The highest BCUT2D eigenvalue weighted by molar-refractivity contribution is 7.99. The van der Waals surface area contributed by atoms with E-state index in [4.69, 9.17) is 0 Å². The van der Waals surface area contributed by atoms with Crippen LogP contribution in [0.25, 0.3) is 0 Å². The number of carbonyl (C=O) groups excluding carboxylic acids is 2. The standard InChI is InChI=1S/C23H25N5O2S/c1-15-8-11-19(12-16(15)2)24-22(30)25-20(29)14-31-23-27-26-21(18-9-10-18)28(23)13-17-6-4-3-5-7-17/h3-8,11-12,18H,9-10,13-14H2,1-2H3,(H2,24,25,29,30). The lowest BCUT2D eigenvalue weighted by molar-refractivity contribution is -0.117. The number of nitrogens with one attached hydrogen (secondary N) is 2. The van der Waals surface area contributed by atoms with Crippen LogP contribution in [0.2, 0.25) is 0 Å². The smallest absolute Gasteiger partial charge is 0.308 e. The number of aryl methyl sites for hydroxylation is 2. The summed E-state index contributed by atoms with van der Waals surface area (Å²) in [5, 5.41) is 14.4. The molecule has 1 aliphatic rings. The number of carbonyl (C=O) groups is 2. The van der Waals surface area contributed by atoms with E-state index in [1.54, 1.807) is 0 Å². The highest BCUT2D eigenvalue weighted by Gasteiger charge is 2.30. The first-order chi connectivity index (χ1) is 15.0. The number of anilines is 1. The summed E-state index contributed by atoms with van der Waals surface area (Å²) in [6.07, 6.45) is 2.24. The lowest BCUT2D eigenvalue weighted by Gasteiger charge is -2.10. The van der Waals surface area contributed by atoms with Gasteiger partial charge in [0.05, 0.1) is 12.3 Å². The minimum atomic E-state index is -0.543. The zero-order chi connectivity index (χ0) is 21.8. The summed E-state index contributed by atoms with van der Waals surface area (Å²) in [7, 11) is 0. The van der Waals surface area contributed by atoms with Crippen LogP contribution in [0.5, 0.6) is 0 Å². The summed E-state index contributed by atoms with van der Waals surface area (Å²) in [4.78, 5) is 24.5. The van der Waals surface area contributed by atoms with E-state index in [1.807, 2.05) is 50.2 Å². The van der Waals surface area contributed by atoms with Crippen LogP contribution in [0.15, 0.2) is 53.7 Å². The molecule has 0 bridgehead atoms. The average molecular weight is 436 g/mol. The second kappa shape index (κ2) is 9.34. The van der Waals surface area contributed by atoms with Crippen molar-refractivity contribution in [2.24, 2.45) is 0 Å². The first kappa shape index (κ1) is 21.1. The number of amides is 3. The van der Waals surface area contributed by atoms with Crippen molar-refractivity contribution in [1.29, 1.82) is 0 Å². The molecular weight excluding hydrogens is 410 g/mol. The van der Waals surface area contributed by atoms with Crippen molar-refractivity contribution in [3.05, 3.63) is 71.0 Å². The quantitative estimate of drug-likeness (QED) is 0.541. The summed E-state index contributed by atoms with van der Waals surface area (Å²) in [6.45, 7) is 4.64. The van der Waals surface area contributed by atoms with E-state index in [0.29, 0.717) is 23.3 Å². The van der Waals surface area contributed by atoms with E-state index in [1.165, 1.54) is 11.8 Å². The van der Waals surface area contributed by atoms with Gasteiger partial charge in [-0.2, -0.15) is 0 Å². The maximum Gasteiger partial charge on any atom is 0.325 e. The molecule has 0 radical (unpaired) electrons. The van der Waals surface area contributed by atoms with E-state index in [-0.39, 0.29) is 11.7 Å². The van der Waals surface area contributed by atoms with Crippen LogP contribution in [0, 0.1) is 13.8 Å². The van der Waals surface area contributed by atoms with Crippen LogP contribution in [0.3, 0.4) is 0 Å². The molecule has 1 fully saturated rings. The number of nitrogens with zero attached hydrogens (tertiary/aromatic N) is 3. The Labute approximate surface area is 185 Å². The number of hydrogen-bond donors (Lipinski definition) is 2. The van der Waals surface area contributed by atoms with Gasteiger partial charge < -0.3 is 9.88 Å². The summed E-state index contributed by atoms with van der Waals surface area (Å²) < 4.78 is 2.08. The normalized spacial score (nSPS) is 13.1. The van der Waals surface area contributed by atoms with Gasteiger partial charge in [-0.3, -0.25) is 10.1 Å². The molecule has 0 unspecified atom stereocenters. The van der Waals surface area contributed by atoms with Gasteiger partial charge in [-0.25, -0.2) is 4.79 Å². The van der Waals surface area contributed by atoms with Crippen molar-refractivity contribution >= 4 is 29.4 Å². The molecule has 1 heterocycles. The second-order valence-electron chi connectivity index (χ2n) is 7.78. The van der Waals surface area contributed by atoms with Crippen LogP contribution >= 0.6 is 11.8 Å². The van der Waals surface area contributed by atoms with E-state index in [0.717, 1.165) is 35.4 Å². The van der Waals surface area contributed by atoms with Crippen LogP contribution in [0.4, 0.5) is 10.5 Å². The first-order valence-electron chi connectivity index (χ1n) is 10.3. The topological polar surface area (TPSA) is 88.9 Å². The lowest BCUT2D eigenvalue weighted by Crippen LogP contribution is -2.35. The van der Waals surface area contributed by atoms with E-state index >= 15 is 0 Å². The van der Waals surface area contributed by atoms with Crippen molar-refractivity contribution in [1.82, 2.24) is 20.1 Å². The van der Waals surface area contributed by atoms with Crippen LogP contribution < -0.4 is 10.6 Å². The molecule has 0 aliphatic heterocycles. The third-order valence-electron chi connectivity index (χ3n) is 5.22. The van der Waals surface area contributed by atoms with Gasteiger partial charge in [0.15, 0.2) is 5.16 Å². The SMILES string of the molecule is Cc1ccc(NC(=O)NC(=O)CSc2nnc(C3CC3)n2Cc2ccccc2)cc1C. The maximum absolute atomic E-state index is 12.3. The van der Waals surface area contributed by atoms with Gasteiger partial charge >= 0.3 is 6.03 Å². The zero-order valence-corrected chi connectivity index (χ0v) is 18.4. The van der Waals surface area contributed by atoms with Crippen molar-refractivity contribution in [3.63, 3.8) is 0 Å². The van der Waals surface area contributed by atoms with Gasteiger partial charge in [-0.15, -0.1) is 10.2 Å². The number of urea groups is 1. The van der Waals surface area contributed by atoms with E-state index in [2.05, 4.69) is 37.5 Å². The van der Waals surface area contributed by atoms with E-state index < -0.39 is 6.03 Å². The average Bonchev–Trinajstić information content (AvgIpc) is 3.51. The highest BCUT2D eigenvalue weighted by Crippen LogP contribution is 2.40. The second-order valence-corrected chi connectivity index (χ2v) is 8.72. The van der Waals surface area contributed by atoms with Crippen LogP contribution in [-0.2, 0) is 11.3 Å². The van der Waals surface area contributed by atoms with Crippen LogP contribution in [0.1, 0.15) is 41.3 Å². The first-order valence-corrected chi connectivity index (χ1v) is 11.3. The van der Waals surface area contributed by atoms with Crippen LogP contribution in [-0.4, -0.2) is 32.5 Å². The van der Waals surface area contributed by atoms with Crippen molar-refractivity contribution in [2.45, 2.75) is 44.3 Å². The predicted molar refractivity (Wildman–Crippen MR) is 121 cm³/mol. The van der Waals surface area contributed by atoms with Gasteiger partial charge in [0.1, 0.15) is 5.82 Å². The molecule has 0 atom stereocenters. The van der Waals surface area contributed by atoms with E-state index in [9.17, 15) is 9.59 Å². The summed E-state index contributed by atoms with van der Waals surface area (Å²) in [5.74, 6) is 1.12. The minimum Gasteiger partial charge on any atom is -0.308 e. The fourth-order valence-electron chi connectivity index (χ4n) is 3.24. The Balaban J connectivity index is 1.35. The molecule has 3 amide bonds. The molecular formula is C23H25N5O2S. The minimum absolute atomic E-state index is 0.0813. The van der Waals surface area contributed by atoms with Gasteiger partial charge in [-0.05, 0) is 55.5 Å². The monoisotopic (exact) mass is 435 g/mol. The molecule has 1 saturated carbocycles. The number of aromatic nitrogens is 3. The predicted octanol–water partition coefficient (Wildman–Crippen LogP) is 4.26. The van der Waals surface area contributed by atoms with Crippen molar-refractivity contribution in [3.8, 4) is 0 Å². The van der Waals surface area contributed by atoms with Gasteiger partial charge in [-0.1, -0.05) is 48.2 Å². The summed E-state index contributed by atoms with van der Waals surface area (Å²) in [5.41, 5.74) is 4.02. The third-order valence-corrected chi connectivity index (χ3v) is 6.19. The van der Waals surface area contributed by atoms with Gasteiger partial charge in [0.25, 0.3) is 0 Å². The highest BCUT2D eigenvalue weighted by atomic mass is 32.2. The van der Waals surface area contributed by atoms with Crippen molar-refractivity contribution < 1.29 is 9.59 Å². The number of benzene rings is 2. The number of thioether (sulfide) groups is 1. The Morgan fingerprint density at radius 3 is 2.55 bits per heavy atom. The number of imide groups is 1. The molecule has 1 aromatic heterocycles. The Hall–Kier alpha value is -3.13. The lowest BCUT2D eigenvalue weighted by atomic mass is 10.1. The molecule has 4 rings (SSSR count). The molecule has 7 nitrogen and oxygen atoms in total. The third kappa shape index (κ3) is 5.52. The molecule has 0 saturated heterocycles. The summed E-state index contributed by atoms with van der Waals surface area (Å²) >= 11 is 1.29. The molecule has 2 aromatic carbocycles. The maximum atomic E-state index is 12.3.